The van der Waals surface area contributed by atoms with Crippen molar-refractivity contribution in [2.45, 2.75) is 18.6 Å². The van der Waals surface area contributed by atoms with Gasteiger partial charge in [-0.05, 0) is 6.26 Å². The van der Waals surface area contributed by atoms with Crippen molar-refractivity contribution < 1.29 is 19.4 Å². The number of amides is 1. The standard InChI is InChI=1S/C9H15NO4S/c1-14-9(13)7-3-6(11)4-10(7)8(12)5-15-2/h6-7,11H,3-5H2,1-2H3. The van der Waals surface area contributed by atoms with Crippen molar-refractivity contribution in [1.29, 1.82) is 0 Å². The maximum Gasteiger partial charge on any atom is 0.328 e. The molecule has 86 valence electrons. The largest absolute Gasteiger partial charge is 0.467 e. The van der Waals surface area contributed by atoms with Crippen LogP contribution >= 0.6 is 11.8 Å². The average molecular weight is 233 g/mol. The Bertz CT molecular complexity index is 258. The van der Waals surface area contributed by atoms with E-state index in [1.807, 2.05) is 6.26 Å². The van der Waals surface area contributed by atoms with E-state index in [4.69, 9.17) is 0 Å². The van der Waals surface area contributed by atoms with Gasteiger partial charge in [0.1, 0.15) is 6.04 Å². The van der Waals surface area contributed by atoms with Gasteiger partial charge in [0.05, 0.1) is 19.0 Å². The quantitative estimate of drug-likeness (QED) is 0.665. The van der Waals surface area contributed by atoms with Crippen molar-refractivity contribution >= 4 is 23.6 Å². The minimum atomic E-state index is -0.625. The summed E-state index contributed by atoms with van der Waals surface area (Å²) in [6.07, 6.45) is 1.46. The Balaban J connectivity index is 2.68. The van der Waals surface area contributed by atoms with Gasteiger partial charge in [0, 0.05) is 13.0 Å². The first kappa shape index (κ1) is 12.3. The SMILES string of the molecule is COC(=O)C1CC(O)CN1C(=O)CSC. The Kier molecular flexibility index (Phi) is 4.41. The molecule has 0 bridgehead atoms. The lowest BCUT2D eigenvalue weighted by atomic mass is 10.2. The molecule has 0 aromatic heterocycles. The lowest BCUT2D eigenvalue weighted by molar-refractivity contribution is -0.150. The number of methoxy groups -OCH3 is 1. The fourth-order valence-electron chi connectivity index (χ4n) is 1.66. The number of aliphatic hydroxyl groups excluding tert-OH is 1. The second kappa shape index (κ2) is 5.37. The summed E-state index contributed by atoms with van der Waals surface area (Å²) in [5, 5.41) is 9.42. The fraction of sp³-hybridized carbons (Fsp3) is 0.778. The van der Waals surface area contributed by atoms with Gasteiger partial charge in [-0.25, -0.2) is 4.79 Å². The van der Waals surface area contributed by atoms with Gasteiger partial charge in [0.25, 0.3) is 0 Å². The molecule has 0 aromatic rings. The molecule has 0 saturated carbocycles. The van der Waals surface area contributed by atoms with Crippen LogP contribution in [0.3, 0.4) is 0 Å². The van der Waals surface area contributed by atoms with Gasteiger partial charge in [0.2, 0.25) is 5.91 Å². The number of rotatable bonds is 3. The van der Waals surface area contributed by atoms with Gasteiger partial charge in [-0.3, -0.25) is 4.79 Å². The lowest BCUT2D eigenvalue weighted by Gasteiger charge is -2.21. The fourth-order valence-corrected chi connectivity index (χ4v) is 2.07. The van der Waals surface area contributed by atoms with Gasteiger partial charge in [-0.15, -0.1) is 0 Å². The number of ether oxygens (including phenoxy) is 1. The van der Waals surface area contributed by atoms with Crippen molar-refractivity contribution in [2.75, 3.05) is 25.7 Å². The zero-order valence-corrected chi connectivity index (χ0v) is 9.62. The maximum absolute atomic E-state index is 11.6. The number of nitrogens with zero attached hydrogens (tertiary/aromatic N) is 1. The summed E-state index contributed by atoms with van der Waals surface area (Å²) in [6.45, 7) is 0.221. The first-order valence-corrected chi connectivity index (χ1v) is 6.03. The van der Waals surface area contributed by atoms with Gasteiger partial charge in [-0.2, -0.15) is 11.8 Å². The molecule has 1 amide bonds. The highest BCUT2D eigenvalue weighted by Gasteiger charge is 2.39. The van der Waals surface area contributed by atoms with Crippen molar-refractivity contribution in [3.8, 4) is 0 Å². The number of thioether (sulfide) groups is 1. The summed E-state index contributed by atoms with van der Waals surface area (Å²) in [5.41, 5.74) is 0. The van der Waals surface area contributed by atoms with Crippen LogP contribution in [-0.4, -0.2) is 59.7 Å². The zero-order valence-electron chi connectivity index (χ0n) is 8.80. The maximum atomic E-state index is 11.6. The highest BCUT2D eigenvalue weighted by molar-refractivity contribution is 7.99. The second-order valence-corrected chi connectivity index (χ2v) is 4.27. The van der Waals surface area contributed by atoms with Gasteiger partial charge in [0.15, 0.2) is 0 Å². The van der Waals surface area contributed by atoms with Crippen LogP contribution < -0.4 is 0 Å². The number of likely N-dealkylation sites (tertiary alicyclic amines) is 1. The number of hydrogen-bond acceptors (Lipinski definition) is 5. The molecule has 2 unspecified atom stereocenters. The van der Waals surface area contributed by atoms with Crippen LogP contribution in [0.4, 0.5) is 0 Å². The Morgan fingerprint density at radius 1 is 1.60 bits per heavy atom. The monoisotopic (exact) mass is 233 g/mol. The van der Waals surface area contributed by atoms with E-state index in [2.05, 4.69) is 4.74 Å². The molecule has 1 aliphatic rings. The predicted molar refractivity (Wildman–Crippen MR) is 56.5 cm³/mol. The number of carbonyl (C=O) groups is 2. The molecule has 6 heteroatoms. The highest BCUT2D eigenvalue weighted by atomic mass is 32.2. The van der Waals surface area contributed by atoms with E-state index in [0.717, 1.165) is 0 Å². The summed E-state index contributed by atoms with van der Waals surface area (Å²) in [7, 11) is 1.28. The van der Waals surface area contributed by atoms with Gasteiger partial charge >= 0.3 is 5.97 Å². The predicted octanol–water partition coefficient (Wildman–Crippen LogP) is -0.516. The van der Waals surface area contributed by atoms with Crippen molar-refractivity contribution in [3.63, 3.8) is 0 Å². The van der Waals surface area contributed by atoms with Crippen molar-refractivity contribution in [3.05, 3.63) is 0 Å². The van der Waals surface area contributed by atoms with Crippen LogP contribution in [0, 0.1) is 0 Å². The second-order valence-electron chi connectivity index (χ2n) is 3.41. The van der Waals surface area contributed by atoms with E-state index < -0.39 is 18.1 Å². The third-order valence-electron chi connectivity index (χ3n) is 2.34. The molecule has 1 heterocycles. The van der Waals surface area contributed by atoms with E-state index in [1.54, 1.807) is 0 Å². The van der Waals surface area contributed by atoms with Gasteiger partial charge < -0.3 is 14.7 Å². The molecule has 0 spiro atoms. The molecule has 1 fully saturated rings. The first-order valence-electron chi connectivity index (χ1n) is 4.64. The molecule has 1 rings (SSSR count). The lowest BCUT2D eigenvalue weighted by Crippen LogP contribution is -2.42. The Labute approximate surface area is 92.8 Å². The van der Waals surface area contributed by atoms with E-state index in [0.29, 0.717) is 5.75 Å². The van der Waals surface area contributed by atoms with Crippen LogP contribution in [-0.2, 0) is 14.3 Å². The molecule has 1 N–H and O–H groups in total. The third kappa shape index (κ3) is 2.85. The summed E-state index contributed by atoms with van der Waals surface area (Å²) in [6, 6.07) is -0.621. The zero-order chi connectivity index (χ0) is 11.4. The molecule has 0 aliphatic carbocycles. The molecular formula is C9H15NO4S. The Hall–Kier alpha value is -0.750. The molecule has 1 saturated heterocycles. The minimum absolute atomic E-state index is 0.130. The Morgan fingerprint density at radius 3 is 2.80 bits per heavy atom. The number of β-amino-alcohol motifs (C(OH)–C–C–N with tert-alkyl or cyclic N) is 1. The number of esters is 1. The minimum Gasteiger partial charge on any atom is -0.467 e. The topological polar surface area (TPSA) is 66.8 Å². The van der Waals surface area contributed by atoms with E-state index >= 15 is 0 Å². The molecule has 0 aromatic carbocycles. The van der Waals surface area contributed by atoms with Crippen LogP contribution in [0.25, 0.3) is 0 Å². The smallest absolute Gasteiger partial charge is 0.328 e. The van der Waals surface area contributed by atoms with E-state index in [1.165, 1.54) is 23.8 Å². The summed E-state index contributed by atoms with van der Waals surface area (Å²) < 4.78 is 4.59. The Morgan fingerprint density at radius 2 is 2.27 bits per heavy atom. The van der Waals surface area contributed by atoms with Gasteiger partial charge in [-0.1, -0.05) is 0 Å². The normalized spacial score (nSPS) is 25.4. The molecule has 0 radical (unpaired) electrons. The van der Waals surface area contributed by atoms with Crippen LogP contribution in [0.5, 0.6) is 0 Å². The van der Waals surface area contributed by atoms with E-state index in [-0.39, 0.29) is 18.9 Å². The van der Waals surface area contributed by atoms with Crippen LogP contribution in [0.2, 0.25) is 0 Å². The number of aliphatic hydroxyl groups is 1. The summed E-state index contributed by atoms with van der Waals surface area (Å²) in [4.78, 5) is 24.3. The summed E-state index contributed by atoms with van der Waals surface area (Å²) in [5.74, 6) is -0.268. The first-order chi connectivity index (χ1) is 7.10. The molecule has 5 nitrogen and oxygen atoms in total. The highest BCUT2D eigenvalue weighted by Crippen LogP contribution is 2.19. The van der Waals surface area contributed by atoms with Crippen molar-refractivity contribution in [1.82, 2.24) is 4.90 Å². The van der Waals surface area contributed by atoms with E-state index in [9.17, 15) is 14.7 Å². The summed E-state index contributed by atoms with van der Waals surface area (Å²) >= 11 is 1.39. The third-order valence-corrected chi connectivity index (χ3v) is 2.88. The molecule has 15 heavy (non-hydrogen) atoms. The molecule has 2 atom stereocenters. The average Bonchev–Trinajstić information content (AvgIpc) is 2.59. The van der Waals surface area contributed by atoms with Crippen LogP contribution in [0.15, 0.2) is 0 Å². The number of hydrogen-bond donors (Lipinski definition) is 1. The van der Waals surface area contributed by atoms with Crippen LogP contribution in [0.1, 0.15) is 6.42 Å². The van der Waals surface area contributed by atoms with Crippen molar-refractivity contribution in [2.24, 2.45) is 0 Å². The molecular weight excluding hydrogens is 218 g/mol. The molecule has 1 aliphatic heterocycles. The number of carbonyl (C=O) groups excluding carboxylic acids is 2.